The third-order valence-corrected chi connectivity index (χ3v) is 3.52. The van der Waals surface area contributed by atoms with Crippen molar-refractivity contribution in [1.82, 2.24) is 14.3 Å². The normalized spacial score (nSPS) is 10.2. The van der Waals surface area contributed by atoms with Crippen LogP contribution >= 0.6 is 23.3 Å². The summed E-state index contributed by atoms with van der Waals surface area (Å²) in [5, 5.41) is 19.7. The average Bonchev–Trinajstić information content (AvgIpc) is 2.81. The van der Waals surface area contributed by atoms with Crippen LogP contribution in [-0.2, 0) is 0 Å². The van der Waals surface area contributed by atoms with Gasteiger partial charge in [-0.1, -0.05) is 0 Å². The minimum absolute atomic E-state index is 0.0850. The first-order chi connectivity index (χ1) is 8.58. The van der Waals surface area contributed by atoms with Crippen LogP contribution in [0.5, 0.6) is 0 Å². The fourth-order valence-corrected chi connectivity index (χ4v) is 2.46. The molecule has 0 saturated carbocycles. The Balaban J connectivity index is 2.40. The number of nitro groups is 1. The molecule has 10 heteroatoms. The predicted octanol–water partition coefficient (Wildman–Crippen LogP) is 1.69. The molecule has 0 aliphatic heterocycles. The standard InChI is InChI=1S/C8H4N4O4S2/c13-7(14)4-1-5(12(15)16)6(9-2-4)17-8-10-3-11-18-8/h1-3H,(H,13,14). The maximum atomic E-state index is 10.9. The zero-order chi connectivity index (χ0) is 13.1. The molecule has 2 aromatic heterocycles. The monoisotopic (exact) mass is 284 g/mol. The molecule has 0 spiro atoms. The van der Waals surface area contributed by atoms with Crippen LogP contribution in [0.2, 0.25) is 0 Å². The quantitative estimate of drug-likeness (QED) is 0.665. The Labute approximate surface area is 108 Å². The molecule has 92 valence electrons. The first-order valence-corrected chi connectivity index (χ1v) is 5.99. The van der Waals surface area contributed by atoms with E-state index in [-0.39, 0.29) is 16.3 Å². The van der Waals surface area contributed by atoms with Crippen LogP contribution in [0, 0.1) is 10.1 Å². The Bertz CT molecular complexity index is 601. The van der Waals surface area contributed by atoms with Crippen molar-refractivity contribution in [1.29, 1.82) is 0 Å². The lowest BCUT2D eigenvalue weighted by molar-refractivity contribution is -0.388. The van der Waals surface area contributed by atoms with Gasteiger partial charge in [0.2, 0.25) is 0 Å². The Kier molecular flexibility index (Phi) is 3.48. The molecule has 0 aromatic carbocycles. The highest BCUT2D eigenvalue weighted by molar-refractivity contribution is 8.01. The summed E-state index contributed by atoms with van der Waals surface area (Å²) in [6, 6.07) is 0.971. The molecule has 18 heavy (non-hydrogen) atoms. The van der Waals surface area contributed by atoms with E-state index in [0.29, 0.717) is 4.34 Å². The molecule has 0 unspecified atom stereocenters. The summed E-state index contributed by atoms with van der Waals surface area (Å²) in [5.74, 6) is -1.27. The van der Waals surface area contributed by atoms with E-state index in [1.54, 1.807) is 0 Å². The van der Waals surface area contributed by atoms with Crippen molar-refractivity contribution in [3.05, 3.63) is 34.3 Å². The Morgan fingerprint density at radius 1 is 1.50 bits per heavy atom. The van der Waals surface area contributed by atoms with Gasteiger partial charge in [-0.15, -0.1) is 0 Å². The van der Waals surface area contributed by atoms with Gasteiger partial charge in [0, 0.05) is 12.3 Å². The van der Waals surface area contributed by atoms with E-state index in [9.17, 15) is 14.9 Å². The van der Waals surface area contributed by atoms with Crippen LogP contribution in [0.4, 0.5) is 5.69 Å². The molecule has 0 bridgehead atoms. The van der Waals surface area contributed by atoms with E-state index in [1.807, 2.05) is 0 Å². The fourth-order valence-electron chi connectivity index (χ4n) is 1.06. The van der Waals surface area contributed by atoms with Crippen LogP contribution in [0.25, 0.3) is 0 Å². The molecule has 2 heterocycles. The lowest BCUT2D eigenvalue weighted by atomic mass is 10.3. The Morgan fingerprint density at radius 3 is 2.83 bits per heavy atom. The Hall–Kier alpha value is -2.07. The first-order valence-electron chi connectivity index (χ1n) is 4.40. The second-order valence-electron chi connectivity index (χ2n) is 2.92. The van der Waals surface area contributed by atoms with Crippen molar-refractivity contribution < 1.29 is 14.8 Å². The van der Waals surface area contributed by atoms with Crippen molar-refractivity contribution in [2.75, 3.05) is 0 Å². The van der Waals surface area contributed by atoms with Gasteiger partial charge in [0.1, 0.15) is 6.33 Å². The number of carboxylic acid groups (broad SMARTS) is 1. The van der Waals surface area contributed by atoms with Gasteiger partial charge in [-0.3, -0.25) is 10.1 Å². The van der Waals surface area contributed by atoms with E-state index in [0.717, 1.165) is 35.6 Å². The second-order valence-corrected chi connectivity index (χ2v) is 4.94. The summed E-state index contributed by atoms with van der Waals surface area (Å²) in [6.07, 6.45) is 2.39. The van der Waals surface area contributed by atoms with Crippen molar-refractivity contribution in [3.8, 4) is 0 Å². The predicted molar refractivity (Wildman–Crippen MR) is 61.9 cm³/mol. The van der Waals surface area contributed by atoms with Gasteiger partial charge >= 0.3 is 11.7 Å². The van der Waals surface area contributed by atoms with Gasteiger partial charge in [0.15, 0.2) is 9.37 Å². The topological polar surface area (TPSA) is 119 Å². The number of carboxylic acids is 1. The Morgan fingerprint density at radius 2 is 2.28 bits per heavy atom. The molecule has 0 fully saturated rings. The largest absolute Gasteiger partial charge is 0.478 e. The third-order valence-electron chi connectivity index (χ3n) is 1.80. The zero-order valence-corrected chi connectivity index (χ0v) is 10.1. The molecule has 0 aliphatic carbocycles. The number of nitrogens with zero attached hydrogens (tertiary/aromatic N) is 4. The molecule has 0 radical (unpaired) electrons. The maximum absolute atomic E-state index is 10.9. The van der Waals surface area contributed by atoms with E-state index in [1.165, 1.54) is 6.33 Å². The van der Waals surface area contributed by atoms with Gasteiger partial charge in [-0.05, 0) is 23.3 Å². The summed E-state index contributed by atoms with van der Waals surface area (Å²) in [6.45, 7) is 0. The second kappa shape index (κ2) is 5.06. The van der Waals surface area contributed by atoms with Crippen LogP contribution in [0.1, 0.15) is 10.4 Å². The minimum Gasteiger partial charge on any atom is -0.478 e. The summed E-state index contributed by atoms with van der Waals surface area (Å²) >= 11 is 2.04. The molecular formula is C8H4N4O4S2. The molecule has 0 atom stereocenters. The van der Waals surface area contributed by atoms with Crippen LogP contribution < -0.4 is 0 Å². The van der Waals surface area contributed by atoms with E-state index in [4.69, 9.17) is 5.11 Å². The molecule has 8 nitrogen and oxygen atoms in total. The van der Waals surface area contributed by atoms with Gasteiger partial charge in [0.05, 0.1) is 10.5 Å². The van der Waals surface area contributed by atoms with E-state index >= 15 is 0 Å². The number of carbonyl (C=O) groups is 1. The van der Waals surface area contributed by atoms with E-state index < -0.39 is 10.9 Å². The summed E-state index contributed by atoms with van der Waals surface area (Å²) in [7, 11) is 0. The van der Waals surface area contributed by atoms with Gasteiger partial charge in [-0.2, -0.15) is 4.37 Å². The number of rotatable bonds is 4. The number of aromatic carboxylic acids is 1. The highest BCUT2D eigenvalue weighted by Crippen LogP contribution is 2.33. The van der Waals surface area contributed by atoms with Crippen molar-refractivity contribution in [2.45, 2.75) is 9.37 Å². The van der Waals surface area contributed by atoms with Gasteiger partial charge < -0.3 is 5.11 Å². The van der Waals surface area contributed by atoms with Crippen LogP contribution in [0.3, 0.4) is 0 Å². The summed E-state index contributed by atoms with van der Waals surface area (Å²) in [4.78, 5) is 28.5. The lowest BCUT2D eigenvalue weighted by Gasteiger charge is -2.00. The van der Waals surface area contributed by atoms with Crippen LogP contribution in [0.15, 0.2) is 28.0 Å². The first kappa shape index (κ1) is 12.4. The maximum Gasteiger partial charge on any atom is 0.337 e. The van der Waals surface area contributed by atoms with E-state index in [2.05, 4.69) is 14.3 Å². The number of aromatic nitrogens is 3. The van der Waals surface area contributed by atoms with Gasteiger partial charge in [-0.25, -0.2) is 14.8 Å². The van der Waals surface area contributed by atoms with Crippen molar-refractivity contribution in [3.63, 3.8) is 0 Å². The highest BCUT2D eigenvalue weighted by Gasteiger charge is 2.20. The molecule has 1 N–H and O–H groups in total. The smallest absolute Gasteiger partial charge is 0.337 e. The molecule has 2 rings (SSSR count). The number of hydrogen-bond acceptors (Lipinski definition) is 8. The molecule has 2 aromatic rings. The molecular weight excluding hydrogens is 280 g/mol. The van der Waals surface area contributed by atoms with Crippen LogP contribution in [-0.4, -0.2) is 30.3 Å². The molecule has 0 aliphatic rings. The fraction of sp³-hybridized carbons (Fsp3) is 0. The van der Waals surface area contributed by atoms with Crippen molar-refractivity contribution in [2.24, 2.45) is 0 Å². The van der Waals surface area contributed by atoms with Gasteiger partial charge in [0.25, 0.3) is 0 Å². The zero-order valence-electron chi connectivity index (χ0n) is 8.51. The number of pyridine rings is 1. The number of hydrogen-bond donors (Lipinski definition) is 1. The summed E-state index contributed by atoms with van der Waals surface area (Å²) < 4.78 is 4.25. The molecule has 0 saturated heterocycles. The lowest BCUT2D eigenvalue weighted by Crippen LogP contribution is -2.01. The highest BCUT2D eigenvalue weighted by atomic mass is 32.2. The van der Waals surface area contributed by atoms with Crippen molar-refractivity contribution >= 4 is 35.0 Å². The third kappa shape index (κ3) is 2.60. The average molecular weight is 284 g/mol. The minimum atomic E-state index is -1.27. The SMILES string of the molecule is O=C(O)c1cnc(Sc2ncns2)c([N+](=O)[O-])c1. The molecule has 0 amide bonds. The summed E-state index contributed by atoms with van der Waals surface area (Å²) in [5.41, 5.74) is -0.599.